The normalized spacial score (nSPS) is 21.1. The molecule has 0 aliphatic carbocycles. The van der Waals surface area contributed by atoms with Crippen molar-refractivity contribution < 1.29 is 0 Å². The van der Waals surface area contributed by atoms with Crippen LogP contribution >= 0.6 is 34.8 Å². The molecule has 2 aromatic heterocycles. The van der Waals surface area contributed by atoms with Crippen molar-refractivity contribution in [3.05, 3.63) is 50.6 Å². The molecular formula is C17H21IN4S. The number of hydrogen-bond donors (Lipinski definition) is 2. The Hall–Kier alpha value is -1.15. The summed E-state index contributed by atoms with van der Waals surface area (Å²) >= 11 is 8.07. The van der Waals surface area contributed by atoms with E-state index in [4.69, 9.17) is 12.2 Å². The van der Waals surface area contributed by atoms with Crippen LogP contribution < -0.4 is 5.32 Å². The van der Waals surface area contributed by atoms with Crippen molar-refractivity contribution in [1.82, 2.24) is 20.2 Å². The van der Waals surface area contributed by atoms with Gasteiger partial charge in [0.2, 0.25) is 0 Å². The summed E-state index contributed by atoms with van der Waals surface area (Å²) in [6.45, 7) is 8.63. The molecule has 3 rings (SSSR count). The summed E-state index contributed by atoms with van der Waals surface area (Å²) in [4.78, 5) is 10.3. The SMILES string of the molecule is Cc1[nH]c(C)c(C2C(c3ccccn3)NC(=S)N2C(C)C)c1I. The van der Waals surface area contributed by atoms with Gasteiger partial charge in [-0.3, -0.25) is 4.98 Å². The minimum atomic E-state index is 0.0634. The molecule has 2 aromatic rings. The lowest BCUT2D eigenvalue weighted by molar-refractivity contribution is 0.268. The summed E-state index contributed by atoms with van der Waals surface area (Å²) in [6.07, 6.45) is 1.84. The summed E-state index contributed by atoms with van der Waals surface area (Å²) in [5.41, 5.74) is 4.76. The average molecular weight is 440 g/mol. The fraction of sp³-hybridized carbons (Fsp3) is 0.412. The Morgan fingerprint density at radius 1 is 1.26 bits per heavy atom. The largest absolute Gasteiger partial charge is 0.362 e. The predicted molar refractivity (Wildman–Crippen MR) is 105 cm³/mol. The van der Waals surface area contributed by atoms with Crippen LogP contribution in [0.4, 0.5) is 0 Å². The van der Waals surface area contributed by atoms with Gasteiger partial charge in [0, 0.05) is 32.8 Å². The van der Waals surface area contributed by atoms with Crippen LogP contribution in [0.25, 0.3) is 0 Å². The number of aromatic nitrogens is 2. The number of nitrogens with zero attached hydrogens (tertiary/aromatic N) is 2. The van der Waals surface area contributed by atoms with Gasteiger partial charge in [0.15, 0.2) is 5.11 Å². The van der Waals surface area contributed by atoms with Crippen LogP contribution in [-0.2, 0) is 0 Å². The van der Waals surface area contributed by atoms with Crippen LogP contribution in [0.5, 0.6) is 0 Å². The summed E-state index contributed by atoms with van der Waals surface area (Å²) in [6, 6.07) is 6.57. The third kappa shape index (κ3) is 2.87. The Bertz CT molecular complexity index is 726. The second-order valence-corrected chi connectivity index (χ2v) is 7.70. The van der Waals surface area contributed by atoms with Gasteiger partial charge in [-0.05, 0) is 74.6 Å². The van der Waals surface area contributed by atoms with Crippen LogP contribution in [0.15, 0.2) is 24.4 Å². The summed E-state index contributed by atoms with van der Waals surface area (Å²) in [7, 11) is 0. The molecule has 1 fully saturated rings. The lowest BCUT2D eigenvalue weighted by atomic mass is 9.96. The van der Waals surface area contributed by atoms with Gasteiger partial charge in [0.1, 0.15) is 0 Å². The van der Waals surface area contributed by atoms with Crippen LogP contribution in [0.2, 0.25) is 0 Å². The first-order valence-corrected chi connectivity index (χ1v) is 9.24. The van der Waals surface area contributed by atoms with E-state index in [9.17, 15) is 0 Å². The number of hydrogen-bond acceptors (Lipinski definition) is 2. The topological polar surface area (TPSA) is 44.0 Å². The second-order valence-electron chi connectivity index (χ2n) is 6.23. The van der Waals surface area contributed by atoms with E-state index in [0.29, 0.717) is 6.04 Å². The minimum absolute atomic E-state index is 0.0634. The van der Waals surface area contributed by atoms with Crippen molar-refractivity contribution in [2.75, 3.05) is 0 Å². The first-order valence-electron chi connectivity index (χ1n) is 7.76. The van der Waals surface area contributed by atoms with Crippen molar-refractivity contribution >= 4 is 39.9 Å². The van der Waals surface area contributed by atoms with Crippen LogP contribution in [0.1, 0.15) is 48.6 Å². The zero-order valence-electron chi connectivity index (χ0n) is 13.7. The molecule has 0 bridgehead atoms. The molecule has 0 aromatic carbocycles. The monoisotopic (exact) mass is 440 g/mol. The lowest BCUT2D eigenvalue weighted by Gasteiger charge is -2.31. The quantitative estimate of drug-likeness (QED) is 0.559. The van der Waals surface area contributed by atoms with E-state index in [1.165, 1.54) is 20.5 Å². The van der Waals surface area contributed by atoms with Gasteiger partial charge in [-0.2, -0.15) is 0 Å². The predicted octanol–water partition coefficient (Wildman–Crippen LogP) is 4.01. The number of aryl methyl sites for hydroxylation is 2. The first kappa shape index (κ1) is 16.7. The van der Waals surface area contributed by atoms with Crippen molar-refractivity contribution in [3.8, 4) is 0 Å². The summed E-state index contributed by atoms with van der Waals surface area (Å²) in [5.74, 6) is 0. The highest BCUT2D eigenvalue weighted by Crippen LogP contribution is 2.43. The first-order chi connectivity index (χ1) is 10.9. The highest BCUT2D eigenvalue weighted by atomic mass is 127. The molecule has 0 amide bonds. The number of nitrogens with one attached hydrogen (secondary N) is 2. The molecule has 1 saturated heterocycles. The van der Waals surface area contributed by atoms with Gasteiger partial charge >= 0.3 is 0 Å². The number of halogens is 1. The van der Waals surface area contributed by atoms with E-state index in [1.807, 2.05) is 18.3 Å². The minimum Gasteiger partial charge on any atom is -0.362 e. The molecule has 4 nitrogen and oxygen atoms in total. The fourth-order valence-electron chi connectivity index (χ4n) is 3.35. The van der Waals surface area contributed by atoms with Gasteiger partial charge in [-0.1, -0.05) is 6.07 Å². The van der Waals surface area contributed by atoms with Crippen molar-refractivity contribution in [3.63, 3.8) is 0 Å². The van der Waals surface area contributed by atoms with E-state index in [-0.39, 0.29) is 12.1 Å². The maximum absolute atomic E-state index is 5.64. The third-order valence-corrected chi connectivity index (χ3v) is 6.05. The molecule has 3 heterocycles. The second kappa shape index (κ2) is 6.39. The number of rotatable bonds is 3. The maximum Gasteiger partial charge on any atom is 0.170 e. The molecule has 0 radical (unpaired) electrons. The van der Waals surface area contributed by atoms with Gasteiger partial charge in [-0.25, -0.2) is 0 Å². The standard InChI is InChI=1S/C17H21IN4S/c1-9(2)22-16(13-10(3)20-11(4)14(13)18)15(21-17(22)23)12-7-5-6-8-19-12/h5-9,15-16,20H,1-4H3,(H,21,23). The van der Waals surface area contributed by atoms with Gasteiger partial charge in [-0.15, -0.1) is 0 Å². The van der Waals surface area contributed by atoms with E-state index in [1.54, 1.807) is 0 Å². The lowest BCUT2D eigenvalue weighted by Crippen LogP contribution is -2.35. The fourth-order valence-corrected chi connectivity index (χ4v) is 4.66. The molecule has 6 heteroatoms. The average Bonchev–Trinajstić information content (AvgIpc) is 2.97. The smallest absolute Gasteiger partial charge is 0.170 e. The molecule has 2 unspecified atom stereocenters. The number of aromatic amines is 1. The Balaban J connectivity index is 2.15. The summed E-state index contributed by atoms with van der Waals surface area (Å²) < 4.78 is 1.28. The molecular weight excluding hydrogens is 419 g/mol. The summed E-state index contributed by atoms with van der Waals surface area (Å²) in [5, 5.41) is 4.29. The van der Waals surface area contributed by atoms with E-state index in [0.717, 1.165) is 10.8 Å². The van der Waals surface area contributed by atoms with Gasteiger partial charge in [0.25, 0.3) is 0 Å². The molecule has 2 atom stereocenters. The zero-order chi connectivity index (χ0) is 16.7. The Kier molecular flexibility index (Phi) is 4.64. The molecule has 0 saturated carbocycles. The Morgan fingerprint density at radius 3 is 2.52 bits per heavy atom. The van der Waals surface area contributed by atoms with E-state index in [2.05, 4.69) is 76.5 Å². The molecule has 0 spiro atoms. The van der Waals surface area contributed by atoms with Crippen molar-refractivity contribution in [2.45, 2.75) is 45.8 Å². The van der Waals surface area contributed by atoms with E-state index < -0.39 is 0 Å². The van der Waals surface area contributed by atoms with Crippen molar-refractivity contribution in [2.24, 2.45) is 0 Å². The van der Waals surface area contributed by atoms with Gasteiger partial charge in [0.05, 0.1) is 17.8 Å². The molecule has 1 aliphatic rings. The highest BCUT2D eigenvalue weighted by Gasteiger charge is 2.43. The van der Waals surface area contributed by atoms with E-state index >= 15 is 0 Å². The molecule has 2 N–H and O–H groups in total. The number of H-pyrrole nitrogens is 1. The van der Waals surface area contributed by atoms with Gasteiger partial charge < -0.3 is 15.2 Å². The molecule has 122 valence electrons. The zero-order valence-corrected chi connectivity index (χ0v) is 16.7. The Morgan fingerprint density at radius 2 is 2.00 bits per heavy atom. The molecule has 23 heavy (non-hydrogen) atoms. The number of pyridine rings is 1. The maximum atomic E-state index is 5.64. The highest BCUT2D eigenvalue weighted by molar-refractivity contribution is 14.1. The number of thiocarbonyl (C=S) groups is 1. The van der Waals surface area contributed by atoms with Crippen LogP contribution in [0.3, 0.4) is 0 Å². The third-order valence-electron chi connectivity index (χ3n) is 4.33. The Labute approximate surface area is 156 Å². The van der Waals surface area contributed by atoms with Crippen molar-refractivity contribution in [1.29, 1.82) is 0 Å². The van der Waals surface area contributed by atoms with Crippen LogP contribution in [-0.4, -0.2) is 26.0 Å². The van der Waals surface area contributed by atoms with Crippen LogP contribution in [0, 0.1) is 17.4 Å². The molecule has 1 aliphatic heterocycles.